The van der Waals surface area contributed by atoms with E-state index in [0.717, 1.165) is 11.4 Å². The van der Waals surface area contributed by atoms with E-state index in [-0.39, 0.29) is 11.7 Å². The van der Waals surface area contributed by atoms with Gasteiger partial charge in [-0.1, -0.05) is 48.5 Å². The Labute approximate surface area is 212 Å². The summed E-state index contributed by atoms with van der Waals surface area (Å²) in [7, 11) is 0. The number of benzene rings is 3. The maximum absolute atomic E-state index is 12.1. The Kier molecular flexibility index (Phi) is 7.08. The van der Waals surface area contributed by atoms with Crippen LogP contribution in [0.3, 0.4) is 0 Å². The van der Waals surface area contributed by atoms with E-state index in [1.807, 2.05) is 66.7 Å². The summed E-state index contributed by atoms with van der Waals surface area (Å²) in [5.74, 6) is 0.792. The van der Waals surface area contributed by atoms with Crippen LogP contribution in [0, 0.1) is 0 Å². The average molecular weight is 492 g/mol. The Morgan fingerprint density at radius 3 is 2.03 bits per heavy atom. The van der Waals surface area contributed by atoms with Crippen molar-refractivity contribution in [3.8, 4) is 5.75 Å². The number of nitrogens with zero attached hydrogens (tertiary/aromatic N) is 4. The minimum atomic E-state index is -0.584. The molecule has 0 radical (unpaired) electrons. The fraction of sp³-hybridized carbons (Fsp3) is 0. The molecule has 37 heavy (non-hydrogen) atoms. The zero-order valence-electron chi connectivity index (χ0n) is 19.4. The molecular weight excluding hydrogens is 470 g/mol. The number of furan rings is 1. The summed E-state index contributed by atoms with van der Waals surface area (Å²) in [6.07, 6.45) is 2.97. The number of esters is 1. The van der Waals surface area contributed by atoms with Crippen LogP contribution in [0.5, 0.6) is 5.75 Å². The number of carbonyl (C=O) groups is 1. The fourth-order valence-electron chi connectivity index (χ4n) is 3.21. The highest BCUT2D eigenvalue weighted by atomic mass is 16.5. The summed E-state index contributed by atoms with van der Waals surface area (Å²) in [5.41, 5.74) is 5.18. The fourth-order valence-corrected chi connectivity index (χ4v) is 3.21. The summed E-state index contributed by atoms with van der Waals surface area (Å²) in [4.78, 5) is 25.4. The molecular formula is C27H21N7O3. The lowest BCUT2D eigenvalue weighted by Crippen LogP contribution is -2.07. The molecule has 10 heteroatoms. The van der Waals surface area contributed by atoms with Gasteiger partial charge in [-0.25, -0.2) is 10.2 Å². The minimum Gasteiger partial charge on any atom is -0.457 e. The molecule has 0 aliphatic carbocycles. The van der Waals surface area contributed by atoms with E-state index in [4.69, 9.17) is 9.15 Å². The van der Waals surface area contributed by atoms with Crippen molar-refractivity contribution in [3.05, 3.63) is 115 Å². The van der Waals surface area contributed by atoms with E-state index in [1.165, 1.54) is 12.3 Å². The molecule has 0 fully saturated rings. The first kappa shape index (κ1) is 23.2. The van der Waals surface area contributed by atoms with Crippen LogP contribution in [-0.4, -0.2) is 27.1 Å². The number of hydrogen-bond acceptors (Lipinski definition) is 10. The summed E-state index contributed by atoms with van der Waals surface area (Å²) < 4.78 is 10.4. The zero-order chi connectivity index (χ0) is 25.3. The molecule has 0 aliphatic heterocycles. The number of aromatic nitrogens is 3. The molecule has 10 nitrogen and oxygen atoms in total. The highest BCUT2D eigenvalue weighted by Gasteiger charge is 2.11. The molecule has 3 N–H and O–H groups in total. The quantitative estimate of drug-likeness (QED) is 0.104. The van der Waals surface area contributed by atoms with Crippen molar-refractivity contribution in [1.29, 1.82) is 0 Å². The first-order chi connectivity index (χ1) is 18.2. The Morgan fingerprint density at radius 1 is 0.757 bits per heavy atom. The molecule has 0 saturated carbocycles. The van der Waals surface area contributed by atoms with Crippen molar-refractivity contribution in [2.75, 3.05) is 16.1 Å². The predicted molar refractivity (Wildman–Crippen MR) is 141 cm³/mol. The third-order valence-corrected chi connectivity index (χ3v) is 4.86. The van der Waals surface area contributed by atoms with Crippen molar-refractivity contribution in [2.45, 2.75) is 0 Å². The van der Waals surface area contributed by atoms with Crippen LogP contribution in [-0.2, 0) is 0 Å². The monoisotopic (exact) mass is 491 g/mol. The second-order valence-corrected chi connectivity index (χ2v) is 7.60. The highest BCUT2D eigenvalue weighted by molar-refractivity contribution is 5.88. The normalized spacial score (nSPS) is 10.7. The lowest BCUT2D eigenvalue weighted by Gasteiger charge is -2.10. The van der Waals surface area contributed by atoms with E-state index in [2.05, 4.69) is 36.1 Å². The summed E-state index contributed by atoms with van der Waals surface area (Å²) in [6.45, 7) is 0. The molecule has 3 aromatic carbocycles. The second-order valence-electron chi connectivity index (χ2n) is 7.60. The van der Waals surface area contributed by atoms with Gasteiger partial charge in [-0.2, -0.15) is 20.1 Å². The van der Waals surface area contributed by atoms with Crippen LogP contribution >= 0.6 is 0 Å². The molecule has 0 amide bonds. The Bertz CT molecular complexity index is 1430. The minimum absolute atomic E-state index is 0.121. The van der Waals surface area contributed by atoms with Gasteiger partial charge in [-0.3, -0.25) is 0 Å². The topological polar surface area (TPSA) is 127 Å². The molecule has 5 aromatic rings. The molecule has 0 unspecified atom stereocenters. The molecule has 182 valence electrons. The molecule has 0 bridgehead atoms. The predicted octanol–water partition coefficient (Wildman–Crippen LogP) is 5.62. The lowest BCUT2D eigenvalue weighted by molar-refractivity contribution is 0.0701. The molecule has 0 saturated heterocycles. The molecule has 2 heterocycles. The SMILES string of the molecule is O=C(Oc1cccc(/C=N/Nc2nc(Nc3ccccc3)nc(Nc3ccccc3)n2)c1)c1ccco1. The van der Waals surface area contributed by atoms with Gasteiger partial charge in [0.05, 0.1) is 12.5 Å². The van der Waals surface area contributed by atoms with Crippen LogP contribution < -0.4 is 20.8 Å². The van der Waals surface area contributed by atoms with E-state index in [1.54, 1.807) is 30.5 Å². The number of carbonyl (C=O) groups excluding carboxylic acids is 1. The highest BCUT2D eigenvalue weighted by Crippen LogP contribution is 2.19. The Hall–Kier alpha value is -5.51. The lowest BCUT2D eigenvalue weighted by atomic mass is 10.2. The summed E-state index contributed by atoms with van der Waals surface area (Å²) >= 11 is 0. The summed E-state index contributed by atoms with van der Waals surface area (Å²) in [6, 6.07) is 29.2. The molecule has 0 aliphatic rings. The molecule has 0 atom stereocenters. The summed E-state index contributed by atoms with van der Waals surface area (Å²) in [5, 5.41) is 10.6. The number of rotatable bonds is 9. The third kappa shape index (κ3) is 6.55. The van der Waals surface area contributed by atoms with E-state index >= 15 is 0 Å². The maximum Gasteiger partial charge on any atom is 0.379 e. The van der Waals surface area contributed by atoms with Crippen molar-refractivity contribution in [3.63, 3.8) is 0 Å². The maximum atomic E-state index is 12.1. The third-order valence-electron chi connectivity index (χ3n) is 4.86. The van der Waals surface area contributed by atoms with Crippen LogP contribution in [0.1, 0.15) is 16.1 Å². The molecule has 0 spiro atoms. The first-order valence-corrected chi connectivity index (χ1v) is 11.3. The van der Waals surface area contributed by atoms with Gasteiger partial charge in [0.25, 0.3) is 0 Å². The first-order valence-electron chi connectivity index (χ1n) is 11.3. The van der Waals surface area contributed by atoms with Crippen molar-refractivity contribution in [1.82, 2.24) is 15.0 Å². The van der Waals surface area contributed by atoms with Gasteiger partial charge in [0.2, 0.25) is 23.6 Å². The van der Waals surface area contributed by atoms with Crippen molar-refractivity contribution in [2.24, 2.45) is 5.10 Å². The number of para-hydroxylation sites is 2. The van der Waals surface area contributed by atoms with Gasteiger partial charge in [0, 0.05) is 11.4 Å². The van der Waals surface area contributed by atoms with Gasteiger partial charge in [-0.05, 0) is 54.1 Å². The van der Waals surface area contributed by atoms with Crippen LogP contribution in [0.25, 0.3) is 0 Å². The Balaban J connectivity index is 1.31. The van der Waals surface area contributed by atoms with Crippen molar-refractivity contribution >= 4 is 41.4 Å². The smallest absolute Gasteiger partial charge is 0.379 e. The van der Waals surface area contributed by atoms with Crippen LogP contribution in [0.2, 0.25) is 0 Å². The zero-order valence-corrected chi connectivity index (χ0v) is 19.4. The standard InChI is InChI=1S/C27H21N7O3/c35-24(23-15-8-16-36-23)37-22-14-7-9-19(17-22)18-28-34-27-32-25(29-20-10-3-1-4-11-20)31-26(33-27)30-21-12-5-2-6-13-21/h1-18H,(H3,29,30,31,32,33,34)/b28-18+. The van der Waals surface area contributed by atoms with E-state index in [9.17, 15) is 4.79 Å². The van der Waals surface area contributed by atoms with Gasteiger partial charge in [-0.15, -0.1) is 0 Å². The average Bonchev–Trinajstić information content (AvgIpc) is 3.46. The van der Waals surface area contributed by atoms with Gasteiger partial charge < -0.3 is 19.8 Å². The molecule has 5 rings (SSSR count). The van der Waals surface area contributed by atoms with Gasteiger partial charge >= 0.3 is 5.97 Å². The molecule has 2 aromatic heterocycles. The number of nitrogens with one attached hydrogen (secondary N) is 3. The second kappa shape index (κ2) is 11.3. The van der Waals surface area contributed by atoms with Gasteiger partial charge in [0.15, 0.2) is 0 Å². The van der Waals surface area contributed by atoms with Crippen LogP contribution in [0.4, 0.5) is 29.2 Å². The number of hydrazone groups is 1. The largest absolute Gasteiger partial charge is 0.457 e. The van der Waals surface area contributed by atoms with Crippen molar-refractivity contribution < 1.29 is 13.9 Å². The van der Waals surface area contributed by atoms with Crippen LogP contribution in [0.15, 0.2) is 113 Å². The number of anilines is 5. The number of hydrogen-bond donors (Lipinski definition) is 3. The number of ether oxygens (including phenoxy) is 1. The van der Waals surface area contributed by atoms with E-state index < -0.39 is 5.97 Å². The Morgan fingerprint density at radius 2 is 1.41 bits per heavy atom. The van der Waals surface area contributed by atoms with Gasteiger partial charge in [0.1, 0.15) is 5.75 Å². The van der Waals surface area contributed by atoms with E-state index in [0.29, 0.717) is 23.2 Å².